The maximum atomic E-state index is 12.9. The molecule has 302 valence electrons. The fourth-order valence-electron chi connectivity index (χ4n) is 6.91. The predicted molar refractivity (Wildman–Crippen MR) is 209 cm³/mol. The van der Waals surface area contributed by atoms with Crippen LogP contribution in [0, 0.1) is 0 Å². The zero-order valence-corrected chi connectivity index (χ0v) is 33.0. The van der Waals surface area contributed by atoms with Crippen molar-refractivity contribution in [2.75, 3.05) is 13.2 Å². The summed E-state index contributed by atoms with van der Waals surface area (Å²) in [5.41, 5.74) is 5.66. The van der Waals surface area contributed by atoms with Crippen LogP contribution in [0.1, 0.15) is 194 Å². The number of carbonyl (C=O) groups excluding carboxylic acids is 1. The van der Waals surface area contributed by atoms with Crippen LogP contribution in [0.4, 0.5) is 0 Å². The molecule has 9 heteroatoms. The lowest BCUT2D eigenvalue weighted by molar-refractivity contribution is -0.296. The maximum Gasteiger partial charge on any atom is 0.220 e. The second-order valence-corrected chi connectivity index (χ2v) is 15.2. The molecule has 0 aliphatic carbocycles. The summed E-state index contributed by atoms with van der Waals surface area (Å²) >= 11 is 0. The van der Waals surface area contributed by atoms with E-state index >= 15 is 0 Å². The number of unbranched alkanes of at least 4 members (excludes halogenated alkanes) is 25. The van der Waals surface area contributed by atoms with Gasteiger partial charge in [-0.3, -0.25) is 4.79 Å². The Hall–Kier alpha value is -1.07. The van der Waals surface area contributed by atoms with Crippen LogP contribution in [0.25, 0.3) is 0 Å². The van der Waals surface area contributed by atoms with E-state index in [0.29, 0.717) is 6.42 Å². The summed E-state index contributed by atoms with van der Waals surface area (Å²) < 4.78 is 11.4. The predicted octanol–water partition coefficient (Wildman–Crippen LogP) is 8.13. The number of aliphatic hydroxyl groups excluding tert-OH is 4. The number of rotatable bonds is 35. The second kappa shape index (κ2) is 33.5. The summed E-state index contributed by atoms with van der Waals surface area (Å²) in [4.78, 5) is 12.9. The van der Waals surface area contributed by atoms with Gasteiger partial charge in [-0.2, -0.15) is 0 Å². The highest BCUT2D eigenvalue weighted by molar-refractivity contribution is 5.76. The number of nitrogens with one attached hydrogen (secondary N) is 1. The summed E-state index contributed by atoms with van der Waals surface area (Å²) in [5, 5.41) is 44.7. The van der Waals surface area contributed by atoms with E-state index in [0.717, 1.165) is 38.5 Å². The van der Waals surface area contributed by atoms with Gasteiger partial charge in [0.1, 0.15) is 24.4 Å². The number of carbonyl (C=O) groups is 1. The maximum absolute atomic E-state index is 12.9. The Morgan fingerprint density at radius 2 is 1.10 bits per heavy atom. The number of hydrogen-bond acceptors (Lipinski definition) is 8. The molecular weight excluding hydrogens is 644 g/mol. The zero-order valence-electron chi connectivity index (χ0n) is 33.0. The molecule has 1 aliphatic heterocycles. The highest BCUT2D eigenvalue weighted by atomic mass is 16.7. The van der Waals surface area contributed by atoms with Crippen LogP contribution in [-0.4, -0.2) is 82.3 Å². The van der Waals surface area contributed by atoms with E-state index in [1.165, 1.54) is 135 Å². The fraction of sp³-hybridized carbons (Fsp3) is 0.929. The summed E-state index contributed by atoms with van der Waals surface area (Å²) in [6.45, 7) is 4.31. The van der Waals surface area contributed by atoms with Gasteiger partial charge in [-0.25, -0.2) is 0 Å². The lowest BCUT2D eigenvalue weighted by Crippen LogP contribution is -2.60. The molecule has 0 aromatic carbocycles. The molecule has 0 spiro atoms. The Bertz CT molecular complexity index is 814. The van der Waals surface area contributed by atoms with Crippen molar-refractivity contribution in [1.29, 1.82) is 0 Å². The number of ether oxygens (including phenoxy) is 2. The van der Waals surface area contributed by atoms with Gasteiger partial charge in [0, 0.05) is 13.0 Å². The van der Waals surface area contributed by atoms with Crippen molar-refractivity contribution in [3.8, 4) is 0 Å². The molecule has 0 aromatic heterocycles. The van der Waals surface area contributed by atoms with Crippen molar-refractivity contribution in [2.24, 2.45) is 5.73 Å². The third-order valence-electron chi connectivity index (χ3n) is 10.4. The van der Waals surface area contributed by atoms with E-state index in [9.17, 15) is 25.2 Å². The number of allylic oxidation sites excluding steroid dienone is 1. The van der Waals surface area contributed by atoms with Gasteiger partial charge < -0.3 is 41.0 Å². The minimum Gasteiger partial charge on any atom is -0.388 e. The molecule has 0 aromatic rings. The molecule has 9 nitrogen and oxygen atoms in total. The minimum atomic E-state index is -1.49. The molecule has 0 bridgehead atoms. The lowest BCUT2D eigenvalue weighted by Gasteiger charge is -2.40. The van der Waals surface area contributed by atoms with Crippen LogP contribution >= 0.6 is 0 Å². The van der Waals surface area contributed by atoms with E-state index in [2.05, 4.69) is 19.2 Å². The molecule has 1 heterocycles. The van der Waals surface area contributed by atoms with Crippen molar-refractivity contribution in [3.05, 3.63) is 12.2 Å². The first-order valence-corrected chi connectivity index (χ1v) is 21.5. The van der Waals surface area contributed by atoms with Crippen molar-refractivity contribution in [2.45, 2.75) is 236 Å². The van der Waals surface area contributed by atoms with Crippen molar-refractivity contribution in [3.63, 3.8) is 0 Å². The third-order valence-corrected chi connectivity index (χ3v) is 10.4. The molecule has 1 aliphatic rings. The van der Waals surface area contributed by atoms with Crippen molar-refractivity contribution < 1.29 is 34.7 Å². The van der Waals surface area contributed by atoms with Crippen LogP contribution in [0.15, 0.2) is 12.2 Å². The standard InChI is InChI=1S/C42H82N2O7/c1-3-5-7-9-11-13-15-17-18-20-22-24-26-28-30-32-38(46)44-35(34-50-42-41(49)40(48)39(47)37(33-43)51-42)36(45)31-29-27-25-23-21-19-16-14-12-10-8-6-4-2/h29,31,35-37,39-42,45,47-49H,3-28,30,32-34,43H2,1-2H3,(H,44,46)/b31-29+/t35-,36+,37?,39?,40?,41?,42?/m0/s1. The largest absolute Gasteiger partial charge is 0.388 e. The van der Waals surface area contributed by atoms with Gasteiger partial charge in [-0.15, -0.1) is 0 Å². The van der Waals surface area contributed by atoms with Gasteiger partial charge in [0.05, 0.1) is 18.8 Å². The lowest BCUT2D eigenvalue weighted by atomic mass is 9.99. The van der Waals surface area contributed by atoms with E-state index in [1.807, 2.05) is 6.08 Å². The molecule has 7 atom stereocenters. The Kier molecular flexibility index (Phi) is 31.5. The number of hydrogen-bond donors (Lipinski definition) is 6. The van der Waals surface area contributed by atoms with E-state index in [1.54, 1.807) is 6.08 Å². The molecule has 0 radical (unpaired) electrons. The van der Waals surface area contributed by atoms with E-state index in [-0.39, 0.29) is 19.1 Å². The highest BCUT2D eigenvalue weighted by Gasteiger charge is 2.44. The van der Waals surface area contributed by atoms with Gasteiger partial charge in [0.2, 0.25) is 5.91 Å². The topological polar surface area (TPSA) is 154 Å². The first-order valence-electron chi connectivity index (χ1n) is 21.5. The van der Waals surface area contributed by atoms with Crippen LogP contribution in [0.5, 0.6) is 0 Å². The summed E-state index contributed by atoms with van der Waals surface area (Å²) in [5.74, 6) is -0.156. The average molecular weight is 727 g/mol. The first-order chi connectivity index (χ1) is 24.8. The van der Waals surface area contributed by atoms with Gasteiger partial charge in [-0.05, 0) is 19.3 Å². The third kappa shape index (κ3) is 24.8. The van der Waals surface area contributed by atoms with Crippen LogP contribution < -0.4 is 11.1 Å². The van der Waals surface area contributed by atoms with E-state index < -0.39 is 42.9 Å². The SMILES string of the molecule is CCCCCCCCCCCCC/C=C/[C@@H](O)[C@H](COC1OC(CN)C(O)C(O)C1O)NC(=O)CCCCCCCCCCCCCCCCC. The average Bonchev–Trinajstić information content (AvgIpc) is 3.13. The molecule has 1 rings (SSSR count). The molecule has 1 saturated heterocycles. The molecule has 5 unspecified atom stereocenters. The Balaban J connectivity index is 2.39. The van der Waals surface area contributed by atoms with Gasteiger partial charge >= 0.3 is 0 Å². The zero-order chi connectivity index (χ0) is 37.4. The second-order valence-electron chi connectivity index (χ2n) is 15.2. The molecule has 1 fully saturated rings. The van der Waals surface area contributed by atoms with Crippen LogP contribution in [-0.2, 0) is 14.3 Å². The number of amides is 1. The van der Waals surface area contributed by atoms with Gasteiger partial charge in [-0.1, -0.05) is 180 Å². The monoisotopic (exact) mass is 727 g/mol. The Morgan fingerprint density at radius 3 is 1.55 bits per heavy atom. The van der Waals surface area contributed by atoms with Crippen LogP contribution in [0.2, 0.25) is 0 Å². The Labute approximate surface area is 312 Å². The fourth-order valence-corrected chi connectivity index (χ4v) is 6.91. The molecular formula is C42H82N2O7. The smallest absolute Gasteiger partial charge is 0.220 e. The highest BCUT2D eigenvalue weighted by Crippen LogP contribution is 2.22. The van der Waals surface area contributed by atoms with Gasteiger partial charge in [0.15, 0.2) is 6.29 Å². The molecule has 51 heavy (non-hydrogen) atoms. The van der Waals surface area contributed by atoms with Crippen LogP contribution in [0.3, 0.4) is 0 Å². The quantitative estimate of drug-likeness (QED) is 0.0283. The first kappa shape index (κ1) is 48.0. The minimum absolute atomic E-state index is 0.0609. The normalized spacial score (nSPS) is 22.1. The summed E-state index contributed by atoms with van der Waals surface area (Å²) in [6.07, 6.45) is 30.4. The summed E-state index contributed by atoms with van der Waals surface area (Å²) in [7, 11) is 0. The van der Waals surface area contributed by atoms with E-state index in [4.69, 9.17) is 15.2 Å². The number of aliphatic hydroxyl groups is 4. The van der Waals surface area contributed by atoms with Crippen molar-refractivity contribution >= 4 is 5.91 Å². The molecule has 0 saturated carbocycles. The Morgan fingerprint density at radius 1 is 0.667 bits per heavy atom. The van der Waals surface area contributed by atoms with Gasteiger partial charge in [0.25, 0.3) is 0 Å². The van der Waals surface area contributed by atoms with Crippen molar-refractivity contribution in [1.82, 2.24) is 5.32 Å². The summed E-state index contributed by atoms with van der Waals surface area (Å²) in [6, 6.07) is -0.765. The molecule has 1 amide bonds. The number of nitrogens with two attached hydrogens (primary N) is 1. The molecule has 7 N–H and O–H groups in total.